The van der Waals surface area contributed by atoms with E-state index < -0.39 is 0 Å². The van der Waals surface area contributed by atoms with Gasteiger partial charge in [-0.05, 0) is 74.1 Å². The molecule has 14 nitrogen and oxygen atoms in total. The number of benzene rings is 1. The summed E-state index contributed by atoms with van der Waals surface area (Å²) in [5, 5.41) is 20.2. The molecule has 1 aliphatic carbocycles. The average Bonchev–Trinajstić information content (AvgIpc) is 3.79. The van der Waals surface area contributed by atoms with Crippen LogP contribution in [0.2, 0.25) is 5.02 Å². The summed E-state index contributed by atoms with van der Waals surface area (Å²) in [7, 11) is 0. The predicted octanol–water partition coefficient (Wildman–Crippen LogP) is 4.81. The van der Waals surface area contributed by atoms with E-state index in [4.69, 9.17) is 40.6 Å². The Morgan fingerprint density at radius 1 is 1.04 bits per heavy atom. The molecule has 15 heteroatoms. The van der Waals surface area contributed by atoms with Crippen molar-refractivity contribution < 1.29 is 18.9 Å². The molecule has 1 saturated carbocycles. The second-order valence-electron chi connectivity index (χ2n) is 12.8. The zero-order valence-electron chi connectivity index (χ0n) is 27.3. The van der Waals surface area contributed by atoms with E-state index in [-0.39, 0.29) is 6.10 Å². The molecule has 5 heterocycles. The lowest BCUT2D eigenvalue weighted by atomic mass is 9.90. The minimum Gasteiger partial charge on any atom is -0.487 e. The number of anilines is 2. The Labute approximate surface area is 285 Å². The summed E-state index contributed by atoms with van der Waals surface area (Å²) in [5.41, 5.74) is 2.31. The molecule has 1 N–H and O–H groups in total. The highest BCUT2D eigenvalue weighted by Crippen LogP contribution is 2.36. The van der Waals surface area contributed by atoms with Gasteiger partial charge in [0.15, 0.2) is 0 Å². The maximum Gasteiger partial charge on any atom is 0.256 e. The van der Waals surface area contributed by atoms with Gasteiger partial charge in [-0.3, -0.25) is 9.58 Å². The van der Waals surface area contributed by atoms with Gasteiger partial charge in [0, 0.05) is 43.4 Å². The average molecular weight is 679 g/mol. The van der Waals surface area contributed by atoms with Gasteiger partial charge in [0.2, 0.25) is 5.95 Å². The number of hydrogen-bond acceptors (Lipinski definition) is 12. The first kappa shape index (κ1) is 32.7. The Morgan fingerprint density at radius 2 is 1.90 bits per heavy atom. The molecule has 0 bridgehead atoms. The highest BCUT2D eigenvalue weighted by atomic mass is 35.5. The van der Waals surface area contributed by atoms with E-state index in [9.17, 15) is 0 Å². The van der Waals surface area contributed by atoms with Gasteiger partial charge >= 0.3 is 0 Å². The van der Waals surface area contributed by atoms with E-state index in [1.165, 1.54) is 0 Å². The molecule has 48 heavy (non-hydrogen) atoms. The number of nitrogens with one attached hydrogen (secondary N) is 1. The molecule has 3 aromatic heterocycles. The van der Waals surface area contributed by atoms with Crippen molar-refractivity contribution in [2.45, 2.75) is 70.2 Å². The first-order valence-corrected chi connectivity index (χ1v) is 17.3. The number of hydrogen-bond donors (Lipinski definition) is 1. The first-order valence-electron chi connectivity index (χ1n) is 17.0. The molecular formula is C33H43ClN10O4. The standard InChI is InChI=1S/C33H43ClN10O4/c1-23(18-43-22-36-40-41-43)48-31-17-25(4-9-28(31)34)29-10-11-35-33(37-29)38-30-19-44(39-32(30)47-21-24-3-2-14-46-20-24)27-7-5-26(6-8-27)42-12-15-45-16-13-42/h4,9-11,17,19,22-24,26-27H,2-3,5-8,12-16,18,20-21H2,1H3,(H,35,37,38)/t23-,24?,26?,27?/m0/s1. The Morgan fingerprint density at radius 3 is 2.69 bits per heavy atom. The zero-order valence-corrected chi connectivity index (χ0v) is 28.0. The van der Waals surface area contributed by atoms with Crippen molar-refractivity contribution in [2.24, 2.45) is 5.92 Å². The van der Waals surface area contributed by atoms with E-state index in [1.54, 1.807) is 17.2 Å². The number of halogens is 1. The molecule has 1 aromatic carbocycles. The van der Waals surface area contributed by atoms with E-state index in [0.717, 1.165) is 88.4 Å². The fourth-order valence-electron chi connectivity index (χ4n) is 6.76. The van der Waals surface area contributed by atoms with Crippen LogP contribution < -0.4 is 14.8 Å². The smallest absolute Gasteiger partial charge is 0.256 e. The van der Waals surface area contributed by atoms with Crippen LogP contribution in [0.25, 0.3) is 11.3 Å². The number of aromatic nitrogens is 8. The summed E-state index contributed by atoms with van der Waals surface area (Å²) in [5.74, 6) is 1.90. The monoisotopic (exact) mass is 678 g/mol. The second kappa shape index (κ2) is 15.6. The Bertz CT molecular complexity index is 1600. The summed E-state index contributed by atoms with van der Waals surface area (Å²) in [6, 6.07) is 8.39. The van der Waals surface area contributed by atoms with Gasteiger partial charge < -0.3 is 24.3 Å². The maximum absolute atomic E-state index is 6.51. The molecule has 3 aliphatic rings. The van der Waals surface area contributed by atoms with Gasteiger partial charge in [0.1, 0.15) is 23.9 Å². The van der Waals surface area contributed by atoms with Crippen molar-refractivity contribution >= 4 is 23.2 Å². The van der Waals surface area contributed by atoms with Crippen LogP contribution in [-0.4, -0.2) is 103 Å². The van der Waals surface area contributed by atoms with Crippen LogP contribution >= 0.6 is 11.6 Å². The molecule has 3 fully saturated rings. The molecule has 0 amide bonds. The van der Waals surface area contributed by atoms with Gasteiger partial charge in [0.25, 0.3) is 5.88 Å². The highest BCUT2D eigenvalue weighted by molar-refractivity contribution is 6.32. The van der Waals surface area contributed by atoms with Crippen molar-refractivity contribution in [3.63, 3.8) is 0 Å². The molecule has 2 aliphatic heterocycles. The fraction of sp³-hybridized carbons (Fsp3) is 0.576. The third-order valence-corrected chi connectivity index (χ3v) is 9.62. The SMILES string of the molecule is C[C@@H](Cn1cnnn1)Oc1cc(-c2ccnc(Nc3cn(C4CCC(N5CCOCC5)CC4)nc3OCC3CCCOC3)n2)ccc1Cl. The van der Waals surface area contributed by atoms with Crippen molar-refractivity contribution in [1.82, 2.24) is 44.9 Å². The molecule has 2 saturated heterocycles. The van der Waals surface area contributed by atoms with Crippen LogP contribution in [0.1, 0.15) is 51.5 Å². The molecule has 0 radical (unpaired) electrons. The molecular weight excluding hydrogens is 636 g/mol. The Hall–Kier alpha value is -3.85. The largest absolute Gasteiger partial charge is 0.487 e. The van der Waals surface area contributed by atoms with Crippen LogP contribution in [0.4, 0.5) is 11.6 Å². The van der Waals surface area contributed by atoms with Crippen molar-refractivity contribution in [3.8, 4) is 22.9 Å². The Balaban J connectivity index is 1.06. The summed E-state index contributed by atoms with van der Waals surface area (Å²) in [4.78, 5) is 12.0. The van der Waals surface area contributed by atoms with Gasteiger partial charge in [-0.15, -0.1) is 10.2 Å². The minimum absolute atomic E-state index is 0.214. The third-order valence-electron chi connectivity index (χ3n) is 9.30. The van der Waals surface area contributed by atoms with Gasteiger partial charge in [-0.1, -0.05) is 17.7 Å². The molecule has 2 atom stereocenters. The predicted molar refractivity (Wildman–Crippen MR) is 179 cm³/mol. The Kier molecular flexibility index (Phi) is 10.6. The van der Waals surface area contributed by atoms with Gasteiger partial charge in [-0.2, -0.15) is 0 Å². The topological polar surface area (TPSA) is 139 Å². The van der Waals surface area contributed by atoms with E-state index in [0.29, 0.717) is 60.4 Å². The number of nitrogens with zero attached hydrogens (tertiary/aromatic N) is 9. The minimum atomic E-state index is -0.214. The summed E-state index contributed by atoms with van der Waals surface area (Å²) >= 11 is 6.51. The summed E-state index contributed by atoms with van der Waals surface area (Å²) < 4.78 is 27.5. The van der Waals surface area contributed by atoms with Crippen LogP contribution in [0.15, 0.2) is 43.0 Å². The molecule has 4 aromatic rings. The van der Waals surface area contributed by atoms with Crippen LogP contribution in [0, 0.1) is 5.92 Å². The van der Waals surface area contributed by atoms with Crippen molar-refractivity contribution in [3.05, 3.63) is 48.0 Å². The third kappa shape index (κ3) is 8.23. The lowest BCUT2D eigenvalue weighted by Gasteiger charge is -2.38. The summed E-state index contributed by atoms with van der Waals surface area (Å²) in [6.07, 6.45) is 11.7. The fourth-order valence-corrected chi connectivity index (χ4v) is 6.92. The van der Waals surface area contributed by atoms with Crippen molar-refractivity contribution in [2.75, 3.05) is 51.4 Å². The number of morpholine rings is 1. The quantitative estimate of drug-likeness (QED) is 0.220. The molecule has 7 rings (SSSR count). The number of ether oxygens (including phenoxy) is 4. The lowest BCUT2D eigenvalue weighted by molar-refractivity contribution is 0.00498. The van der Waals surface area contributed by atoms with Crippen molar-refractivity contribution in [1.29, 1.82) is 0 Å². The van der Waals surface area contributed by atoms with Gasteiger partial charge in [-0.25, -0.2) is 14.6 Å². The first-order chi connectivity index (χ1) is 23.6. The molecule has 1 unspecified atom stereocenters. The normalized spacial score (nSPS) is 22.7. The van der Waals surface area contributed by atoms with Crippen LogP contribution in [0.3, 0.4) is 0 Å². The van der Waals surface area contributed by atoms with Crippen LogP contribution in [0.5, 0.6) is 11.6 Å². The molecule has 256 valence electrons. The van der Waals surface area contributed by atoms with E-state index >= 15 is 0 Å². The highest BCUT2D eigenvalue weighted by Gasteiger charge is 2.29. The number of rotatable bonds is 12. The van der Waals surface area contributed by atoms with E-state index in [2.05, 4.69) is 35.4 Å². The van der Waals surface area contributed by atoms with E-state index in [1.807, 2.05) is 37.4 Å². The second-order valence-corrected chi connectivity index (χ2v) is 13.2. The number of tetrazole rings is 1. The lowest BCUT2D eigenvalue weighted by Crippen LogP contribution is -2.45. The maximum atomic E-state index is 6.51. The van der Waals surface area contributed by atoms with Crippen LogP contribution in [-0.2, 0) is 16.0 Å². The molecule has 0 spiro atoms. The zero-order chi connectivity index (χ0) is 32.7. The van der Waals surface area contributed by atoms with Gasteiger partial charge in [0.05, 0.1) is 55.9 Å². The summed E-state index contributed by atoms with van der Waals surface area (Å²) in [6.45, 7) is 8.22.